The number of carbonyl (C=O) groups is 1. The summed E-state index contributed by atoms with van der Waals surface area (Å²) in [5, 5.41) is 0. The van der Waals surface area contributed by atoms with Crippen LogP contribution in [0.3, 0.4) is 0 Å². The van der Waals surface area contributed by atoms with Crippen LogP contribution in [0.4, 0.5) is 0 Å². The number of hydrogen-bond acceptors (Lipinski definition) is 3. The van der Waals surface area contributed by atoms with Crippen molar-refractivity contribution in [3.8, 4) is 0 Å². The molecular formula is C14H18O3. The molecule has 1 aliphatic heterocycles. The molecule has 0 N–H and O–H groups in total. The zero-order valence-electron chi connectivity index (χ0n) is 10.3. The van der Waals surface area contributed by atoms with E-state index in [2.05, 4.69) is 6.92 Å². The molecule has 1 aliphatic rings. The predicted molar refractivity (Wildman–Crippen MR) is 64.3 cm³/mol. The summed E-state index contributed by atoms with van der Waals surface area (Å²) in [6, 6.07) is 10.1. The minimum Gasteiger partial charge on any atom is -0.461 e. The molecule has 0 saturated carbocycles. The molecule has 0 bridgehead atoms. The third-order valence-electron chi connectivity index (χ3n) is 3.17. The Balaban J connectivity index is 1.70. The average molecular weight is 234 g/mol. The molecule has 3 heteroatoms. The second-order valence-electron chi connectivity index (χ2n) is 4.67. The molecule has 2 rings (SSSR count). The first-order valence-corrected chi connectivity index (χ1v) is 6.00. The van der Waals surface area contributed by atoms with Gasteiger partial charge in [-0.2, -0.15) is 0 Å². The van der Waals surface area contributed by atoms with E-state index >= 15 is 0 Å². The fourth-order valence-electron chi connectivity index (χ4n) is 2.05. The maximum Gasteiger partial charge on any atom is 0.312 e. The second-order valence-corrected chi connectivity index (χ2v) is 4.67. The molecule has 0 aromatic heterocycles. The van der Waals surface area contributed by atoms with Crippen molar-refractivity contribution in [1.82, 2.24) is 0 Å². The van der Waals surface area contributed by atoms with Crippen molar-refractivity contribution in [3.63, 3.8) is 0 Å². The summed E-state index contributed by atoms with van der Waals surface area (Å²) in [6.07, 6.45) is 0.0262. The number of cyclic esters (lactones) is 1. The number of hydrogen-bond donors (Lipinski definition) is 0. The van der Waals surface area contributed by atoms with Gasteiger partial charge < -0.3 is 9.47 Å². The quantitative estimate of drug-likeness (QED) is 0.734. The summed E-state index contributed by atoms with van der Waals surface area (Å²) in [5.74, 6) is 0.182. The van der Waals surface area contributed by atoms with E-state index in [9.17, 15) is 4.79 Å². The van der Waals surface area contributed by atoms with E-state index in [1.54, 1.807) is 0 Å². The first-order chi connectivity index (χ1) is 8.18. The average Bonchev–Trinajstić information content (AvgIpc) is 2.36. The Morgan fingerprint density at radius 1 is 1.35 bits per heavy atom. The molecule has 17 heavy (non-hydrogen) atoms. The molecule has 1 aromatic rings. The van der Waals surface area contributed by atoms with E-state index in [0.29, 0.717) is 13.2 Å². The highest BCUT2D eigenvalue weighted by Crippen LogP contribution is 2.28. The van der Waals surface area contributed by atoms with Crippen molar-refractivity contribution in [2.75, 3.05) is 6.61 Å². The second kappa shape index (κ2) is 5.32. The van der Waals surface area contributed by atoms with E-state index in [0.717, 1.165) is 0 Å². The molecule has 1 fully saturated rings. The minimum absolute atomic E-state index is 0.0188. The number of rotatable bonds is 5. The Morgan fingerprint density at radius 3 is 2.65 bits per heavy atom. The van der Waals surface area contributed by atoms with Crippen molar-refractivity contribution in [2.45, 2.75) is 26.6 Å². The molecule has 0 amide bonds. The van der Waals surface area contributed by atoms with Crippen molar-refractivity contribution < 1.29 is 14.3 Å². The summed E-state index contributed by atoms with van der Waals surface area (Å²) >= 11 is 0. The Hall–Kier alpha value is -1.35. The lowest BCUT2D eigenvalue weighted by Crippen LogP contribution is -2.48. The lowest BCUT2D eigenvalue weighted by Gasteiger charge is -2.36. The van der Waals surface area contributed by atoms with Crippen LogP contribution in [-0.2, 0) is 20.9 Å². The molecule has 1 saturated heterocycles. The van der Waals surface area contributed by atoms with Crippen molar-refractivity contribution in [3.05, 3.63) is 35.9 Å². The predicted octanol–water partition coefficient (Wildman–Crippen LogP) is 2.40. The third-order valence-corrected chi connectivity index (χ3v) is 3.17. The first kappa shape index (κ1) is 12.1. The molecule has 3 nitrogen and oxygen atoms in total. The van der Waals surface area contributed by atoms with Gasteiger partial charge in [-0.3, -0.25) is 4.79 Å². The van der Waals surface area contributed by atoms with Crippen LogP contribution >= 0.6 is 0 Å². The van der Waals surface area contributed by atoms with Gasteiger partial charge in [0.2, 0.25) is 0 Å². The number of benzene rings is 1. The number of esters is 1. The van der Waals surface area contributed by atoms with Gasteiger partial charge in [-0.1, -0.05) is 37.3 Å². The molecule has 1 heterocycles. The van der Waals surface area contributed by atoms with Crippen LogP contribution in [0.1, 0.15) is 19.4 Å². The SMILES string of the molecule is C[C@H](COCc1ccccc1)[C@H]1OC(=O)[C@@H]1C. The Labute approximate surface area is 102 Å². The lowest BCUT2D eigenvalue weighted by molar-refractivity contribution is -0.191. The van der Waals surface area contributed by atoms with Gasteiger partial charge in [0.05, 0.1) is 19.1 Å². The monoisotopic (exact) mass is 234 g/mol. The molecule has 0 spiro atoms. The highest BCUT2D eigenvalue weighted by atomic mass is 16.6. The highest BCUT2D eigenvalue weighted by molar-refractivity contribution is 5.78. The normalized spacial score (nSPS) is 24.9. The third kappa shape index (κ3) is 2.86. The van der Waals surface area contributed by atoms with Crippen LogP contribution in [0, 0.1) is 11.8 Å². The van der Waals surface area contributed by atoms with Crippen molar-refractivity contribution in [1.29, 1.82) is 0 Å². The van der Waals surface area contributed by atoms with Crippen LogP contribution in [0.5, 0.6) is 0 Å². The van der Waals surface area contributed by atoms with Gasteiger partial charge in [0.1, 0.15) is 6.10 Å². The first-order valence-electron chi connectivity index (χ1n) is 6.00. The van der Waals surface area contributed by atoms with Crippen LogP contribution in [0.2, 0.25) is 0 Å². The zero-order chi connectivity index (χ0) is 12.3. The topological polar surface area (TPSA) is 35.5 Å². The maximum absolute atomic E-state index is 11.0. The molecule has 0 unspecified atom stereocenters. The molecule has 92 valence electrons. The fourth-order valence-corrected chi connectivity index (χ4v) is 2.05. The van der Waals surface area contributed by atoms with Gasteiger partial charge in [0.15, 0.2) is 0 Å². The van der Waals surface area contributed by atoms with Gasteiger partial charge in [0, 0.05) is 5.92 Å². The molecule has 0 radical (unpaired) electrons. The summed E-state index contributed by atoms with van der Waals surface area (Å²) in [5.41, 5.74) is 1.17. The maximum atomic E-state index is 11.0. The molecule has 3 atom stereocenters. The minimum atomic E-state index is -0.0927. The van der Waals surface area contributed by atoms with E-state index in [1.807, 2.05) is 37.3 Å². The largest absolute Gasteiger partial charge is 0.461 e. The lowest BCUT2D eigenvalue weighted by atomic mass is 9.89. The zero-order valence-corrected chi connectivity index (χ0v) is 10.3. The van der Waals surface area contributed by atoms with Gasteiger partial charge in [0.25, 0.3) is 0 Å². The standard InChI is InChI=1S/C14H18O3/c1-10(13-11(2)14(15)17-13)8-16-9-12-6-4-3-5-7-12/h3-7,10-11,13H,8-9H2,1-2H3/t10-,11-,13-/m1/s1. The fraction of sp³-hybridized carbons (Fsp3) is 0.500. The van der Waals surface area contributed by atoms with Crippen molar-refractivity contribution >= 4 is 5.97 Å². The van der Waals surface area contributed by atoms with Gasteiger partial charge in [-0.05, 0) is 12.5 Å². The van der Waals surface area contributed by atoms with E-state index in [4.69, 9.17) is 9.47 Å². The smallest absolute Gasteiger partial charge is 0.312 e. The molecule has 0 aliphatic carbocycles. The number of carbonyl (C=O) groups excluding carboxylic acids is 1. The summed E-state index contributed by atoms with van der Waals surface area (Å²) in [6.45, 7) is 5.19. The van der Waals surface area contributed by atoms with E-state index in [-0.39, 0.29) is 23.9 Å². The van der Waals surface area contributed by atoms with Crippen molar-refractivity contribution in [2.24, 2.45) is 11.8 Å². The Morgan fingerprint density at radius 2 is 2.06 bits per heavy atom. The van der Waals surface area contributed by atoms with Crippen LogP contribution in [0.25, 0.3) is 0 Å². The van der Waals surface area contributed by atoms with Gasteiger partial charge >= 0.3 is 5.97 Å². The van der Waals surface area contributed by atoms with E-state index < -0.39 is 0 Å². The van der Waals surface area contributed by atoms with Crippen LogP contribution in [-0.4, -0.2) is 18.7 Å². The summed E-state index contributed by atoms with van der Waals surface area (Å²) < 4.78 is 10.7. The Bertz CT molecular complexity index is 374. The van der Waals surface area contributed by atoms with E-state index in [1.165, 1.54) is 5.56 Å². The summed E-state index contributed by atoms with van der Waals surface area (Å²) in [4.78, 5) is 11.0. The summed E-state index contributed by atoms with van der Waals surface area (Å²) in [7, 11) is 0. The highest BCUT2D eigenvalue weighted by Gasteiger charge is 2.41. The van der Waals surface area contributed by atoms with Crippen LogP contribution in [0.15, 0.2) is 30.3 Å². The Kier molecular flexibility index (Phi) is 3.79. The van der Waals surface area contributed by atoms with Gasteiger partial charge in [-0.25, -0.2) is 0 Å². The van der Waals surface area contributed by atoms with Crippen LogP contribution < -0.4 is 0 Å². The molecular weight excluding hydrogens is 216 g/mol. The molecule has 1 aromatic carbocycles. The van der Waals surface area contributed by atoms with Gasteiger partial charge in [-0.15, -0.1) is 0 Å². The number of ether oxygens (including phenoxy) is 2.